The van der Waals surface area contributed by atoms with Gasteiger partial charge in [0.2, 0.25) is 0 Å². The molecule has 1 aromatic heterocycles. The largest absolute Gasteiger partial charge is 0.257 e. The van der Waals surface area contributed by atoms with E-state index in [1.165, 1.54) is 244 Å². The standard InChI is InChI=1S/C47H92N2/c1-5-8-11-14-17-20-22-23-24-25-26-27-30-33-36-39-42-46(41-38-35-32-28-19-16-13-10-7-3)47-48-43-44-49(47)45(4)40-37-34-31-29-21-18-15-12-9-6-2/h43-46H,5-42H2,1-4H3/p+1. The SMILES string of the molecule is CCCCCCCCCCCCCCCCCCC(CCCCCCCCCCC)c1[nH]cc[n+]1C(C)CCCCCCCCCCCC. The number of H-pyrrole nitrogens is 1. The number of nitrogens with one attached hydrogen (secondary N) is 1. The number of rotatable bonds is 40. The lowest BCUT2D eigenvalue weighted by Gasteiger charge is -2.17. The van der Waals surface area contributed by atoms with Gasteiger partial charge in [-0.2, -0.15) is 0 Å². The van der Waals surface area contributed by atoms with Crippen LogP contribution in [-0.4, -0.2) is 4.98 Å². The van der Waals surface area contributed by atoms with E-state index in [1.54, 1.807) is 5.82 Å². The van der Waals surface area contributed by atoms with E-state index >= 15 is 0 Å². The first-order valence-electron chi connectivity index (χ1n) is 23.3. The third-order valence-electron chi connectivity index (χ3n) is 11.6. The predicted molar refractivity (Wildman–Crippen MR) is 221 cm³/mol. The van der Waals surface area contributed by atoms with Crippen molar-refractivity contribution < 1.29 is 4.57 Å². The van der Waals surface area contributed by atoms with Crippen LogP contribution in [0.15, 0.2) is 12.4 Å². The lowest BCUT2D eigenvalue weighted by Crippen LogP contribution is -2.41. The fraction of sp³-hybridized carbons (Fsp3) is 0.936. The van der Waals surface area contributed by atoms with Crippen LogP contribution in [0, 0.1) is 0 Å². The molecule has 2 atom stereocenters. The first-order valence-corrected chi connectivity index (χ1v) is 23.3. The Kier molecular flexibility index (Phi) is 34.9. The summed E-state index contributed by atoms with van der Waals surface area (Å²) in [6, 6.07) is 0.617. The van der Waals surface area contributed by atoms with E-state index in [9.17, 15) is 0 Å². The molecule has 2 unspecified atom stereocenters. The molecule has 2 heteroatoms. The Labute approximate surface area is 310 Å². The van der Waals surface area contributed by atoms with Crippen LogP contribution in [0.3, 0.4) is 0 Å². The average Bonchev–Trinajstić information content (AvgIpc) is 3.60. The molecule has 2 nitrogen and oxygen atoms in total. The van der Waals surface area contributed by atoms with Gasteiger partial charge in [-0.1, -0.05) is 239 Å². The van der Waals surface area contributed by atoms with E-state index in [2.05, 4.69) is 49.6 Å². The maximum Gasteiger partial charge on any atom is 0.257 e. The monoisotopic (exact) mass is 686 g/mol. The molecule has 0 aliphatic carbocycles. The molecule has 0 amide bonds. The van der Waals surface area contributed by atoms with Crippen molar-refractivity contribution in [1.82, 2.24) is 4.98 Å². The Balaban J connectivity index is 2.35. The Bertz CT molecular complexity index is 753. The lowest BCUT2D eigenvalue weighted by molar-refractivity contribution is -0.727. The van der Waals surface area contributed by atoms with Crippen LogP contribution >= 0.6 is 0 Å². The summed E-state index contributed by atoms with van der Waals surface area (Å²) in [5, 5.41) is 0. The van der Waals surface area contributed by atoms with E-state index in [0.717, 1.165) is 0 Å². The fourth-order valence-corrected chi connectivity index (χ4v) is 8.20. The Morgan fingerprint density at radius 2 is 0.653 bits per heavy atom. The van der Waals surface area contributed by atoms with Crippen molar-refractivity contribution in [3.8, 4) is 0 Å². The number of hydrogen-bond donors (Lipinski definition) is 1. The summed E-state index contributed by atoms with van der Waals surface area (Å²) < 4.78 is 2.65. The van der Waals surface area contributed by atoms with Crippen molar-refractivity contribution in [2.45, 2.75) is 284 Å². The van der Waals surface area contributed by atoms with E-state index in [1.807, 2.05) is 0 Å². The third kappa shape index (κ3) is 28.5. The van der Waals surface area contributed by atoms with Gasteiger partial charge in [0, 0.05) is 0 Å². The summed E-state index contributed by atoms with van der Waals surface area (Å²) in [7, 11) is 0. The molecule has 0 aliphatic heterocycles. The molecule has 1 aromatic rings. The van der Waals surface area contributed by atoms with Crippen molar-refractivity contribution >= 4 is 0 Å². The number of nitrogens with zero attached hydrogens (tertiary/aromatic N) is 1. The summed E-state index contributed by atoms with van der Waals surface area (Å²) in [5.74, 6) is 2.25. The molecule has 1 rings (SSSR count). The van der Waals surface area contributed by atoms with Gasteiger partial charge < -0.3 is 0 Å². The van der Waals surface area contributed by atoms with Crippen LogP contribution in [0.2, 0.25) is 0 Å². The number of aromatic amines is 1. The zero-order valence-corrected chi connectivity index (χ0v) is 34.6. The minimum Gasteiger partial charge on any atom is -0.247 e. The second-order valence-corrected chi connectivity index (χ2v) is 16.5. The normalized spacial score (nSPS) is 13.0. The molecule has 290 valence electrons. The first-order chi connectivity index (χ1) is 24.2. The first kappa shape index (κ1) is 46.2. The van der Waals surface area contributed by atoms with Gasteiger partial charge in [0.15, 0.2) is 0 Å². The topological polar surface area (TPSA) is 19.7 Å². The number of hydrogen-bond acceptors (Lipinski definition) is 0. The summed E-state index contributed by atoms with van der Waals surface area (Å²) in [6.45, 7) is 9.43. The smallest absolute Gasteiger partial charge is 0.247 e. The van der Waals surface area contributed by atoms with Crippen LogP contribution in [0.25, 0.3) is 0 Å². The molecule has 0 spiro atoms. The van der Waals surface area contributed by atoms with Crippen molar-refractivity contribution in [3.63, 3.8) is 0 Å². The minimum absolute atomic E-state index is 0.617. The minimum atomic E-state index is 0.617. The molecule has 0 radical (unpaired) electrons. The van der Waals surface area contributed by atoms with E-state index in [4.69, 9.17) is 0 Å². The van der Waals surface area contributed by atoms with Crippen LogP contribution < -0.4 is 4.57 Å². The van der Waals surface area contributed by atoms with Gasteiger partial charge in [-0.3, -0.25) is 0 Å². The van der Waals surface area contributed by atoms with Gasteiger partial charge in [0.05, 0.1) is 12.0 Å². The van der Waals surface area contributed by atoms with Gasteiger partial charge in [-0.25, -0.2) is 9.55 Å². The predicted octanol–water partition coefficient (Wildman–Crippen LogP) is 16.8. The van der Waals surface area contributed by atoms with Crippen LogP contribution in [0.4, 0.5) is 0 Å². The van der Waals surface area contributed by atoms with Gasteiger partial charge in [0.25, 0.3) is 5.82 Å². The molecule has 1 N–H and O–H groups in total. The van der Waals surface area contributed by atoms with Crippen molar-refractivity contribution in [1.29, 1.82) is 0 Å². The van der Waals surface area contributed by atoms with Crippen molar-refractivity contribution in [2.24, 2.45) is 0 Å². The van der Waals surface area contributed by atoms with E-state index < -0.39 is 0 Å². The lowest BCUT2D eigenvalue weighted by atomic mass is 9.92. The van der Waals surface area contributed by atoms with Crippen molar-refractivity contribution in [3.05, 3.63) is 18.2 Å². The number of imidazole rings is 1. The molecule has 49 heavy (non-hydrogen) atoms. The summed E-state index contributed by atoms with van der Waals surface area (Å²) in [6.07, 6.45) is 59.1. The molecule has 0 saturated heterocycles. The molecular formula is C47H93N2+. The highest BCUT2D eigenvalue weighted by Gasteiger charge is 2.25. The Morgan fingerprint density at radius 3 is 0.959 bits per heavy atom. The van der Waals surface area contributed by atoms with Gasteiger partial charge in [0.1, 0.15) is 12.4 Å². The maximum atomic E-state index is 3.77. The highest BCUT2D eigenvalue weighted by Crippen LogP contribution is 2.27. The van der Waals surface area contributed by atoms with E-state index in [-0.39, 0.29) is 0 Å². The Morgan fingerprint density at radius 1 is 0.388 bits per heavy atom. The van der Waals surface area contributed by atoms with Crippen LogP contribution in [0.5, 0.6) is 0 Å². The maximum absolute atomic E-state index is 3.77. The van der Waals surface area contributed by atoms with Gasteiger partial charge in [-0.05, 0) is 32.6 Å². The molecule has 0 bridgehead atoms. The summed E-state index contributed by atoms with van der Waals surface area (Å²) in [4.78, 5) is 3.77. The highest BCUT2D eigenvalue weighted by molar-refractivity contribution is 4.90. The zero-order chi connectivity index (χ0) is 35.3. The molecule has 1 heterocycles. The van der Waals surface area contributed by atoms with Crippen LogP contribution in [-0.2, 0) is 0 Å². The van der Waals surface area contributed by atoms with Gasteiger partial charge >= 0.3 is 0 Å². The van der Waals surface area contributed by atoms with Crippen LogP contribution in [0.1, 0.15) is 289 Å². The van der Waals surface area contributed by atoms with E-state index in [0.29, 0.717) is 12.0 Å². The summed E-state index contributed by atoms with van der Waals surface area (Å²) >= 11 is 0. The average molecular weight is 686 g/mol. The second kappa shape index (κ2) is 37.0. The van der Waals surface area contributed by atoms with Crippen molar-refractivity contribution in [2.75, 3.05) is 0 Å². The molecule has 0 saturated carbocycles. The number of unbranched alkanes of at least 4 members (excludes halogenated alkanes) is 32. The zero-order valence-electron chi connectivity index (χ0n) is 34.6. The summed E-state index contributed by atoms with van der Waals surface area (Å²) in [5.41, 5.74) is 0. The molecular weight excluding hydrogens is 593 g/mol. The Hall–Kier alpha value is -0.790. The highest BCUT2D eigenvalue weighted by atomic mass is 15.1. The third-order valence-corrected chi connectivity index (χ3v) is 11.6. The molecule has 0 fully saturated rings. The second-order valence-electron chi connectivity index (χ2n) is 16.5. The fourth-order valence-electron chi connectivity index (χ4n) is 8.20. The quantitative estimate of drug-likeness (QED) is 0.0524. The molecule has 0 aliphatic rings. The van der Waals surface area contributed by atoms with Gasteiger partial charge in [-0.15, -0.1) is 0 Å². The molecule has 0 aromatic carbocycles. The number of aromatic nitrogens is 2.